The molecule has 0 aromatic heterocycles. The zero-order valence-corrected chi connectivity index (χ0v) is 31.2. The van der Waals surface area contributed by atoms with E-state index >= 15 is 0 Å². The van der Waals surface area contributed by atoms with E-state index in [9.17, 15) is 36.2 Å². The Balaban J connectivity index is 0.00000294. The molecule has 0 aliphatic heterocycles. The van der Waals surface area contributed by atoms with Crippen LogP contribution in [0.15, 0.2) is 0 Å². The van der Waals surface area contributed by atoms with Gasteiger partial charge in [0.25, 0.3) is 0 Å². The number of hydrogen-bond acceptors (Lipinski definition) is 10. The monoisotopic (exact) mass is 640 g/mol. The van der Waals surface area contributed by atoms with Gasteiger partial charge in [0.2, 0.25) is 20.8 Å². The average Bonchev–Trinajstić information content (AvgIpc) is 3.12. The molecule has 228 valence electrons. The molecule has 3 unspecified atom stereocenters. The van der Waals surface area contributed by atoms with Crippen molar-refractivity contribution < 1.29 is 104 Å². The van der Waals surface area contributed by atoms with Crippen LogP contribution in [0.3, 0.4) is 0 Å². The fraction of sp³-hybridized carbons (Fsp3) is 1.00. The third-order valence-corrected chi connectivity index (χ3v) is 12.2. The molecule has 14 heteroatoms. The van der Waals surface area contributed by atoms with E-state index in [1.165, 1.54) is 0 Å². The summed E-state index contributed by atoms with van der Waals surface area (Å²) in [6.07, 6.45) is 4.45. The third-order valence-electron chi connectivity index (χ3n) is 11.3. The minimum atomic E-state index is -4.94. The first-order valence-corrected chi connectivity index (χ1v) is 17.2. The molecular weight excluding hydrogens is 594 g/mol. The maximum Gasteiger partial charge on any atom is 1.00 e. The van der Waals surface area contributed by atoms with Crippen molar-refractivity contribution >= 4 is 20.8 Å². The predicted octanol–water partition coefficient (Wildman–Crippen LogP) is -2.64. The van der Waals surface area contributed by atoms with Crippen molar-refractivity contribution in [2.45, 2.75) is 110 Å². The van der Waals surface area contributed by atoms with Crippen LogP contribution in [0.2, 0.25) is 0 Å². The number of hydrogen-bond donors (Lipinski definition) is 2. The van der Waals surface area contributed by atoms with Crippen LogP contribution in [0.4, 0.5) is 0 Å². The molecule has 4 aliphatic carbocycles. The smallest absolute Gasteiger partial charge is 0.726 e. The maximum atomic E-state index is 11.7. The molecule has 4 aliphatic rings. The molecule has 2 N–H and O–H groups in total. The van der Waals surface area contributed by atoms with Gasteiger partial charge in [-0.25, -0.2) is 16.8 Å². The van der Waals surface area contributed by atoms with Gasteiger partial charge in [-0.3, -0.25) is 8.37 Å². The van der Waals surface area contributed by atoms with Gasteiger partial charge in [-0.15, -0.1) is 0 Å². The van der Waals surface area contributed by atoms with Crippen LogP contribution in [0.25, 0.3) is 0 Å². The van der Waals surface area contributed by atoms with Crippen molar-refractivity contribution in [3.63, 3.8) is 0 Å². The second-order valence-corrected chi connectivity index (χ2v) is 15.9. The molecule has 10 nitrogen and oxygen atoms in total. The summed E-state index contributed by atoms with van der Waals surface area (Å²) in [6.45, 7) is 8.45. The van der Waals surface area contributed by atoms with Crippen molar-refractivity contribution in [2.75, 3.05) is 6.61 Å². The molecule has 4 saturated carbocycles. The Labute approximate surface area is 291 Å². The van der Waals surface area contributed by atoms with E-state index in [1.807, 2.05) is 0 Å². The Kier molecular flexibility index (Phi) is 13.8. The normalized spacial score (nSPS) is 41.4. The van der Waals surface area contributed by atoms with Gasteiger partial charge in [-0.1, -0.05) is 40.5 Å². The van der Waals surface area contributed by atoms with Crippen molar-refractivity contribution in [3.8, 4) is 0 Å². The van der Waals surface area contributed by atoms with E-state index in [-0.39, 0.29) is 107 Å². The molecule has 0 bridgehead atoms. The molecule has 4 fully saturated rings. The van der Waals surface area contributed by atoms with E-state index in [2.05, 4.69) is 27.7 Å². The minimum absolute atomic E-state index is 0. The van der Waals surface area contributed by atoms with Gasteiger partial charge < -0.3 is 19.3 Å². The second kappa shape index (κ2) is 14.6. The first-order valence-electron chi connectivity index (χ1n) is 14.6. The van der Waals surface area contributed by atoms with Crippen LogP contribution in [0.1, 0.15) is 91.9 Å². The molecule has 0 spiro atoms. The number of aliphatic hydroxyl groups is 2. The first-order chi connectivity index (χ1) is 18.0. The Hall–Kier alpha value is 1.66. The van der Waals surface area contributed by atoms with E-state index in [0.29, 0.717) is 31.1 Å². The molecule has 0 heterocycles. The van der Waals surface area contributed by atoms with Crippen LogP contribution in [-0.2, 0) is 29.2 Å². The van der Waals surface area contributed by atoms with Crippen molar-refractivity contribution in [1.82, 2.24) is 0 Å². The fourth-order valence-corrected chi connectivity index (χ4v) is 10.7. The van der Waals surface area contributed by atoms with Crippen LogP contribution in [0, 0.1) is 52.3 Å². The molecule has 0 aromatic carbocycles. The van der Waals surface area contributed by atoms with E-state index in [0.717, 1.165) is 38.5 Å². The fourth-order valence-electron chi connectivity index (χ4n) is 9.86. The van der Waals surface area contributed by atoms with Crippen LogP contribution >= 0.6 is 0 Å². The van der Waals surface area contributed by atoms with Crippen LogP contribution in [-0.4, -0.2) is 61.1 Å². The maximum absolute atomic E-state index is 11.7. The van der Waals surface area contributed by atoms with Crippen molar-refractivity contribution in [3.05, 3.63) is 0 Å². The second-order valence-electron chi connectivity index (χ2n) is 13.8. The summed E-state index contributed by atoms with van der Waals surface area (Å²) in [4.78, 5) is 0. The summed E-state index contributed by atoms with van der Waals surface area (Å²) in [5, 5.41) is 22.8. The topological polar surface area (TPSA) is 173 Å². The molecule has 41 heavy (non-hydrogen) atoms. The summed E-state index contributed by atoms with van der Waals surface area (Å²) >= 11 is 0. The largest absolute Gasteiger partial charge is 1.00 e. The van der Waals surface area contributed by atoms with E-state index in [4.69, 9.17) is 8.37 Å². The molecule has 4 rings (SSSR count). The first kappa shape index (κ1) is 38.8. The average molecular weight is 641 g/mol. The Morgan fingerprint density at radius 1 is 0.878 bits per heavy atom. The minimum Gasteiger partial charge on any atom is -0.726 e. The van der Waals surface area contributed by atoms with E-state index < -0.39 is 44.5 Å². The van der Waals surface area contributed by atoms with Crippen molar-refractivity contribution in [1.29, 1.82) is 0 Å². The Bertz CT molecular complexity index is 1090. The SMILES string of the molecule is CC(C)CCC[C@@H](COS(=O)(=O)[O-])[C@H]1CCC2C3CC[C@@H]4[C@H](O)[C@H](OS(=O)(=O)[O-])CC[C@]4(C)C3[C@@H](O)C[C@@]21C.[Na+].[Na+]. The molecular formula is C27H46Na2O10S2. The van der Waals surface area contributed by atoms with Gasteiger partial charge in [0.05, 0.1) is 18.8 Å². The van der Waals surface area contributed by atoms with Gasteiger partial charge in [-0.2, -0.15) is 0 Å². The van der Waals surface area contributed by atoms with Gasteiger partial charge in [0.1, 0.15) is 6.10 Å². The van der Waals surface area contributed by atoms with Gasteiger partial charge in [0.15, 0.2) is 0 Å². The number of rotatable bonds is 10. The number of fused-ring (bicyclic) bond motifs is 5. The number of aliphatic hydroxyl groups excluding tert-OH is 2. The summed E-state index contributed by atoms with van der Waals surface area (Å²) in [7, 11) is -9.74. The summed E-state index contributed by atoms with van der Waals surface area (Å²) in [6, 6.07) is 0. The summed E-state index contributed by atoms with van der Waals surface area (Å²) in [5.41, 5.74) is -0.665. The molecule has 0 radical (unpaired) electrons. The summed E-state index contributed by atoms with van der Waals surface area (Å²) in [5.74, 6) is 0.687. The Morgan fingerprint density at radius 3 is 2.10 bits per heavy atom. The summed E-state index contributed by atoms with van der Waals surface area (Å²) < 4.78 is 77.2. The van der Waals surface area contributed by atoms with Gasteiger partial charge in [-0.05, 0) is 104 Å². The van der Waals surface area contributed by atoms with E-state index in [1.54, 1.807) is 0 Å². The molecule has 0 aromatic rings. The molecule has 11 atom stereocenters. The zero-order valence-electron chi connectivity index (χ0n) is 25.5. The van der Waals surface area contributed by atoms with Gasteiger partial charge in [0, 0.05) is 0 Å². The third kappa shape index (κ3) is 8.53. The standard InChI is InChI=1S/C27H48O10S2.2Na/c1-16(2)6-5-7-17(15-36-38(30,31)32)19-10-11-20-18-8-9-21-25(29)23(37-39(33,34)35)12-13-26(21,3)24(18)22(28)14-27(19,20)4;;/h16-25,28-29H,5-15H2,1-4H3,(H,30,31,32)(H,33,34,35);;/q;2*+1/p-2/t17-,18?,19+,20?,21+,22-,23+,24?,25-,26-,27+;;/m0../s1. The van der Waals surface area contributed by atoms with Crippen molar-refractivity contribution in [2.24, 2.45) is 52.3 Å². The van der Waals surface area contributed by atoms with Crippen LogP contribution < -0.4 is 59.1 Å². The Morgan fingerprint density at radius 2 is 1.51 bits per heavy atom. The zero-order chi connectivity index (χ0) is 29.0. The van der Waals surface area contributed by atoms with Gasteiger partial charge >= 0.3 is 59.1 Å². The van der Waals surface area contributed by atoms with Crippen LogP contribution in [0.5, 0.6) is 0 Å². The predicted molar refractivity (Wildman–Crippen MR) is 140 cm³/mol. The quantitative estimate of drug-likeness (QED) is 0.146. The molecule has 0 amide bonds. The molecule has 0 saturated heterocycles.